The van der Waals surface area contributed by atoms with E-state index in [9.17, 15) is 0 Å². The molecule has 0 spiro atoms. The number of fused-ring (bicyclic) bond motifs is 2. The first-order valence-electron chi connectivity index (χ1n) is 6.60. The fraction of sp³-hybridized carbons (Fsp3) is 0.846. The summed E-state index contributed by atoms with van der Waals surface area (Å²) < 4.78 is 5.36. The largest absolute Gasteiger partial charge is 0.379 e. The number of hydrogen-bond donors (Lipinski definition) is 1. The van der Waals surface area contributed by atoms with Gasteiger partial charge in [-0.1, -0.05) is 12.2 Å². The van der Waals surface area contributed by atoms with Crippen LogP contribution in [0.15, 0.2) is 12.2 Å². The summed E-state index contributed by atoms with van der Waals surface area (Å²) in [6.45, 7) is 6.14. The average Bonchev–Trinajstić information content (AvgIpc) is 2.92. The van der Waals surface area contributed by atoms with Gasteiger partial charge >= 0.3 is 0 Å². The van der Waals surface area contributed by atoms with Crippen molar-refractivity contribution in [1.29, 1.82) is 0 Å². The summed E-state index contributed by atoms with van der Waals surface area (Å²) in [5.74, 6) is 2.57. The molecule has 4 atom stereocenters. The molecule has 1 saturated carbocycles. The van der Waals surface area contributed by atoms with Crippen LogP contribution in [0.25, 0.3) is 0 Å². The molecule has 3 nitrogen and oxygen atoms in total. The zero-order valence-electron chi connectivity index (χ0n) is 10.1. The summed E-state index contributed by atoms with van der Waals surface area (Å²) in [4.78, 5) is 0. The lowest BCUT2D eigenvalue weighted by atomic mass is 9.88. The quantitative estimate of drug-likeness (QED) is 0.731. The van der Waals surface area contributed by atoms with E-state index in [0.717, 1.165) is 44.1 Å². The molecule has 2 bridgehead atoms. The minimum absolute atomic E-state index is 0.609. The Morgan fingerprint density at radius 3 is 2.69 bits per heavy atom. The number of allylic oxidation sites excluding steroid dienone is 2. The van der Waals surface area contributed by atoms with E-state index in [1.807, 2.05) is 0 Å². The number of morpholine rings is 1. The lowest BCUT2D eigenvalue weighted by Crippen LogP contribution is -2.51. The molecular formula is C13H22N2O. The summed E-state index contributed by atoms with van der Waals surface area (Å²) in [5, 5.41) is 2.34. The molecule has 2 fully saturated rings. The molecule has 1 N–H and O–H groups in total. The van der Waals surface area contributed by atoms with Crippen molar-refractivity contribution in [3.8, 4) is 0 Å². The maximum atomic E-state index is 5.36. The molecule has 0 amide bonds. The zero-order chi connectivity index (χ0) is 11.0. The molecule has 2 aliphatic carbocycles. The average molecular weight is 222 g/mol. The van der Waals surface area contributed by atoms with Gasteiger partial charge in [-0.3, -0.25) is 5.43 Å². The molecular weight excluding hydrogens is 200 g/mol. The molecule has 1 saturated heterocycles. The Kier molecular flexibility index (Phi) is 3.01. The molecule has 3 rings (SSSR count). The van der Waals surface area contributed by atoms with Gasteiger partial charge < -0.3 is 4.74 Å². The third kappa shape index (κ3) is 2.04. The Morgan fingerprint density at radius 2 is 2.06 bits per heavy atom. The molecule has 0 aromatic carbocycles. The van der Waals surface area contributed by atoms with Crippen molar-refractivity contribution < 1.29 is 4.74 Å². The number of nitrogens with zero attached hydrogens (tertiary/aromatic N) is 1. The van der Waals surface area contributed by atoms with Gasteiger partial charge in [0.1, 0.15) is 0 Å². The standard InChI is InChI=1S/C13H22N2O/c1-10(14-15-4-6-16-7-5-15)13-9-11-2-3-12(13)8-11/h2-3,10-14H,4-9H2,1H3. The van der Waals surface area contributed by atoms with Crippen molar-refractivity contribution >= 4 is 0 Å². The highest BCUT2D eigenvalue weighted by atomic mass is 16.5. The second-order valence-corrected chi connectivity index (χ2v) is 5.46. The van der Waals surface area contributed by atoms with E-state index in [4.69, 9.17) is 4.74 Å². The normalized spacial score (nSPS) is 40.4. The first kappa shape index (κ1) is 10.8. The van der Waals surface area contributed by atoms with Gasteiger partial charge in [0.15, 0.2) is 0 Å². The Labute approximate surface area is 97.8 Å². The smallest absolute Gasteiger partial charge is 0.0608 e. The fourth-order valence-corrected chi connectivity index (χ4v) is 3.47. The Balaban J connectivity index is 1.53. The third-order valence-corrected chi connectivity index (χ3v) is 4.37. The summed E-state index contributed by atoms with van der Waals surface area (Å²) in [6.07, 6.45) is 7.65. The van der Waals surface area contributed by atoms with Crippen molar-refractivity contribution in [2.24, 2.45) is 17.8 Å². The Hall–Kier alpha value is -0.380. The molecule has 16 heavy (non-hydrogen) atoms. The number of hydrazine groups is 1. The maximum Gasteiger partial charge on any atom is 0.0608 e. The van der Waals surface area contributed by atoms with Crippen LogP contribution in [-0.4, -0.2) is 37.4 Å². The van der Waals surface area contributed by atoms with Crippen LogP contribution < -0.4 is 5.43 Å². The minimum Gasteiger partial charge on any atom is -0.379 e. The second-order valence-electron chi connectivity index (χ2n) is 5.46. The highest BCUT2D eigenvalue weighted by Crippen LogP contribution is 2.44. The van der Waals surface area contributed by atoms with Crippen LogP contribution in [0.1, 0.15) is 19.8 Å². The van der Waals surface area contributed by atoms with Gasteiger partial charge in [0.05, 0.1) is 13.2 Å². The van der Waals surface area contributed by atoms with Gasteiger partial charge in [-0.25, -0.2) is 5.01 Å². The van der Waals surface area contributed by atoms with Crippen molar-refractivity contribution in [3.63, 3.8) is 0 Å². The van der Waals surface area contributed by atoms with Crippen molar-refractivity contribution in [2.45, 2.75) is 25.8 Å². The number of rotatable bonds is 3. The second kappa shape index (κ2) is 4.47. The SMILES string of the molecule is CC(NN1CCOCC1)C1CC2C=CC1C2. The van der Waals surface area contributed by atoms with E-state index < -0.39 is 0 Å². The third-order valence-electron chi connectivity index (χ3n) is 4.37. The topological polar surface area (TPSA) is 24.5 Å². The number of hydrogen-bond acceptors (Lipinski definition) is 3. The summed E-state index contributed by atoms with van der Waals surface area (Å²) in [7, 11) is 0. The van der Waals surface area contributed by atoms with Crippen LogP contribution in [0.3, 0.4) is 0 Å². The van der Waals surface area contributed by atoms with Gasteiger partial charge in [-0.15, -0.1) is 0 Å². The molecule has 0 aromatic heterocycles. The first-order valence-corrected chi connectivity index (χ1v) is 6.60. The molecule has 3 aliphatic rings. The van der Waals surface area contributed by atoms with E-state index in [1.54, 1.807) is 0 Å². The van der Waals surface area contributed by atoms with Crippen molar-refractivity contribution in [2.75, 3.05) is 26.3 Å². The molecule has 4 unspecified atom stereocenters. The monoisotopic (exact) mass is 222 g/mol. The minimum atomic E-state index is 0.609. The van der Waals surface area contributed by atoms with E-state index in [1.165, 1.54) is 12.8 Å². The molecule has 1 aliphatic heterocycles. The summed E-state index contributed by atoms with van der Waals surface area (Å²) >= 11 is 0. The van der Waals surface area contributed by atoms with Crippen LogP contribution in [0.4, 0.5) is 0 Å². The van der Waals surface area contributed by atoms with Crippen LogP contribution >= 0.6 is 0 Å². The lowest BCUT2D eigenvalue weighted by Gasteiger charge is -2.34. The predicted octanol–water partition coefficient (Wildman–Crippen LogP) is 1.42. The van der Waals surface area contributed by atoms with Crippen LogP contribution in [0.2, 0.25) is 0 Å². The molecule has 90 valence electrons. The Morgan fingerprint density at radius 1 is 1.25 bits per heavy atom. The van der Waals surface area contributed by atoms with Crippen LogP contribution in [-0.2, 0) is 4.74 Å². The summed E-state index contributed by atoms with van der Waals surface area (Å²) in [6, 6.07) is 0.609. The highest BCUT2D eigenvalue weighted by molar-refractivity contribution is 5.11. The van der Waals surface area contributed by atoms with Crippen molar-refractivity contribution in [1.82, 2.24) is 10.4 Å². The zero-order valence-corrected chi connectivity index (χ0v) is 10.1. The Bertz CT molecular complexity index is 273. The first-order chi connectivity index (χ1) is 7.83. The van der Waals surface area contributed by atoms with Crippen LogP contribution in [0, 0.1) is 17.8 Å². The number of ether oxygens (including phenoxy) is 1. The van der Waals surface area contributed by atoms with Gasteiger partial charge in [-0.05, 0) is 37.5 Å². The van der Waals surface area contributed by atoms with E-state index in [-0.39, 0.29) is 0 Å². The highest BCUT2D eigenvalue weighted by Gasteiger charge is 2.38. The summed E-state index contributed by atoms with van der Waals surface area (Å²) in [5.41, 5.74) is 3.67. The fourth-order valence-electron chi connectivity index (χ4n) is 3.47. The van der Waals surface area contributed by atoms with Crippen LogP contribution in [0.5, 0.6) is 0 Å². The lowest BCUT2D eigenvalue weighted by molar-refractivity contribution is -0.00137. The van der Waals surface area contributed by atoms with E-state index in [0.29, 0.717) is 6.04 Å². The van der Waals surface area contributed by atoms with E-state index >= 15 is 0 Å². The number of nitrogens with one attached hydrogen (secondary N) is 1. The maximum absolute atomic E-state index is 5.36. The van der Waals surface area contributed by atoms with Gasteiger partial charge in [0, 0.05) is 19.1 Å². The predicted molar refractivity (Wildman–Crippen MR) is 63.8 cm³/mol. The molecule has 3 heteroatoms. The van der Waals surface area contributed by atoms with Gasteiger partial charge in [0.2, 0.25) is 0 Å². The van der Waals surface area contributed by atoms with Gasteiger partial charge in [-0.2, -0.15) is 0 Å². The molecule has 1 heterocycles. The van der Waals surface area contributed by atoms with Gasteiger partial charge in [0.25, 0.3) is 0 Å². The molecule has 0 aromatic rings. The van der Waals surface area contributed by atoms with Crippen molar-refractivity contribution in [3.05, 3.63) is 12.2 Å². The molecule has 0 radical (unpaired) electrons. The van der Waals surface area contributed by atoms with E-state index in [2.05, 4.69) is 29.5 Å².